The van der Waals surface area contributed by atoms with Crippen molar-refractivity contribution in [1.82, 2.24) is 20.3 Å². The van der Waals surface area contributed by atoms with Gasteiger partial charge in [-0.3, -0.25) is 0 Å². The van der Waals surface area contributed by atoms with Crippen LogP contribution in [0.15, 0.2) is 65.2 Å². The Labute approximate surface area is 153 Å². The van der Waals surface area contributed by atoms with Gasteiger partial charge in [-0.05, 0) is 24.3 Å². The van der Waals surface area contributed by atoms with Crippen LogP contribution in [0.1, 0.15) is 0 Å². The summed E-state index contributed by atoms with van der Waals surface area (Å²) in [5.74, 6) is 2.84. The molecule has 8 nitrogen and oxygen atoms in total. The Morgan fingerprint density at radius 1 is 0.852 bits per heavy atom. The smallest absolute Gasteiger partial charge is 0.278 e. The average molecular weight is 359 g/mol. The van der Waals surface area contributed by atoms with Gasteiger partial charge in [0.15, 0.2) is 23.0 Å². The lowest BCUT2D eigenvalue weighted by molar-refractivity contribution is 0.174. The van der Waals surface area contributed by atoms with Crippen LogP contribution in [0.3, 0.4) is 0 Å². The summed E-state index contributed by atoms with van der Waals surface area (Å²) in [6, 6.07) is 18.7. The molecule has 0 amide bonds. The van der Waals surface area contributed by atoms with Gasteiger partial charge < -0.3 is 19.3 Å². The maximum absolute atomic E-state index is 5.37. The predicted octanol–water partition coefficient (Wildman–Crippen LogP) is 3.67. The molecule has 0 fully saturated rings. The van der Waals surface area contributed by atoms with Crippen LogP contribution in [0.4, 0.5) is 11.5 Å². The van der Waals surface area contributed by atoms with Crippen LogP contribution in [-0.4, -0.2) is 27.1 Å². The van der Waals surface area contributed by atoms with Gasteiger partial charge in [-0.2, -0.15) is 4.98 Å². The predicted molar refractivity (Wildman–Crippen MR) is 96.6 cm³/mol. The van der Waals surface area contributed by atoms with Gasteiger partial charge in [0.25, 0.3) is 5.89 Å². The van der Waals surface area contributed by atoms with Crippen molar-refractivity contribution in [3.8, 4) is 34.5 Å². The minimum atomic E-state index is 0.239. The zero-order valence-corrected chi connectivity index (χ0v) is 14.0. The van der Waals surface area contributed by atoms with Crippen LogP contribution in [-0.2, 0) is 0 Å². The molecule has 1 aliphatic rings. The van der Waals surface area contributed by atoms with E-state index in [4.69, 9.17) is 14.0 Å². The quantitative estimate of drug-likeness (QED) is 0.590. The Bertz CT molecular complexity index is 1080. The van der Waals surface area contributed by atoms with Crippen LogP contribution in [0, 0.1) is 0 Å². The average Bonchev–Trinajstić information content (AvgIpc) is 3.39. The number of ether oxygens (including phenoxy) is 2. The lowest BCUT2D eigenvalue weighted by atomic mass is 10.2. The molecule has 1 N–H and O–H groups in total. The molecule has 3 heterocycles. The zero-order chi connectivity index (χ0) is 18.1. The van der Waals surface area contributed by atoms with Crippen molar-refractivity contribution < 1.29 is 14.0 Å². The van der Waals surface area contributed by atoms with Crippen molar-refractivity contribution >= 4 is 11.5 Å². The lowest BCUT2D eigenvalue weighted by Crippen LogP contribution is -1.96. The fourth-order valence-corrected chi connectivity index (χ4v) is 2.67. The first kappa shape index (κ1) is 15.3. The summed E-state index contributed by atoms with van der Waals surface area (Å²) in [6.45, 7) is 0.239. The van der Waals surface area contributed by atoms with Crippen LogP contribution in [0.25, 0.3) is 23.0 Å². The van der Waals surface area contributed by atoms with Crippen molar-refractivity contribution in [2.45, 2.75) is 0 Å². The number of fused-ring (bicyclic) bond motifs is 1. The molecule has 2 aromatic carbocycles. The number of hydrogen-bond acceptors (Lipinski definition) is 8. The van der Waals surface area contributed by atoms with E-state index >= 15 is 0 Å². The van der Waals surface area contributed by atoms with Gasteiger partial charge in [0.1, 0.15) is 0 Å². The molecule has 0 aliphatic carbocycles. The first-order chi connectivity index (χ1) is 13.3. The molecule has 2 aromatic heterocycles. The summed E-state index contributed by atoms with van der Waals surface area (Å²) >= 11 is 0. The molecular formula is C19H13N5O3. The molecule has 0 saturated heterocycles. The molecule has 0 radical (unpaired) electrons. The summed E-state index contributed by atoms with van der Waals surface area (Å²) in [4.78, 5) is 4.37. The minimum absolute atomic E-state index is 0.239. The zero-order valence-electron chi connectivity index (χ0n) is 14.0. The standard InChI is InChI=1S/C19H13N5O3/c1-2-4-12(5-3-1)18-21-19(27-24-18)14-7-9-17(23-22-14)20-13-6-8-15-16(10-13)26-11-25-15/h1-10H,11H2,(H,20,23). The highest BCUT2D eigenvalue weighted by Crippen LogP contribution is 2.34. The normalized spacial score (nSPS) is 12.1. The topological polar surface area (TPSA) is 95.2 Å². The number of benzene rings is 2. The molecule has 27 heavy (non-hydrogen) atoms. The highest BCUT2D eigenvalue weighted by molar-refractivity contribution is 5.63. The fraction of sp³-hybridized carbons (Fsp3) is 0.0526. The third-order valence-corrected chi connectivity index (χ3v) is 3.99. The SMILES string of the molecule is c1ccc(-c2noc(-c3ccc(Nc4ccc5c(c4)OCO5)nn3)n2)cc1. The van der Waals surface area contributed by atoms with E-state index in [1.165, 1.54) is 0 Å². The van der Waals surface area contributed by atoms with Gasteiger partial charge in [-0.1, -0.05) is 35.5 Å². The fourth-order valence-electron chi connectivity index (χ4n) is 2.67. The van der Waals surface area contributed by atoms with E-state index in [9.17, 15) is 0 Å². The van der Waals surface area contributed by atoms with E-state index in [1.807, 2.05) is 48.5 Å². The third-order valence-electron chi connectivity index (χ3n) is 3.99. The molecule has 0 atom stereocenters. The largest absolute Gasteiger partial charge is 0.454 e. The number of nitrogens with zero attached hydrogens (tertiary/aromatic N) is 4. The molecule has 0 saturated carbocycles. The Hall–Kier alpha value is -3.94. The Morgan fingerprint density at radius 3 is 2.59 bits per heavy atom. The van der Waals surface area contributed by atoms with Gasteiger partial charge >= 0.3 is 0 Å². The first-order valence-electron chi connectivity index (χ1n) is 8.25. The second-order valence-electron chi connectivity index (χ2n) is 5.79. The number of rotatable bonds is 4. The van der Waals surface area contributed by atoms with Gasteiger partial charge in [0, 0.05) is 17.3 Å². The highest BCUT2D eigenvalue weighted by atomic mass is 16.7. The second kappa shape index (κ2) is 6.41. The summed E-state index contributed by atoms with van der Waals surface area (Å²) in [7, 11) is 0. The number of hydrogen-bond donors (Lipinski definition) is 1. The molecule has 5 rings (SSSR count). The van der Waals surface area contributed by atoms with E-state index in [-0.39, 0.29) is 6.79 Å². The van der Waals surface area contributed by atoms with Gasteiger partial charge in [-0.25, -0.2) is 0 Å². The molecule has 0 bridgehead atoms. The number of anilines is 2. The Kier molecular flexibility index (Phi) is 3.64. The molecule has 0 spiro atoms. The summed E-state index contributed by atoms with van der Waals surface area (Å²) in [5, 5.41) is 15.5. The molecule has 132 valence electrons. The van der Waals surface area contributed by atoms with E-state index in [2.05, 4.69) is 25.7 Å². The molecule has 8 heteroatoms. The van der Waals surface area contributed by atoms with Crippen molar-refractivity contribution in [3.63, 3.8) is 0 Å². The molecular weight excluding hydrogens is 346 g/mol. The molecule has 1 aliphatic heterocycles. The van der Waals surface area contributed by atoms with Gasteiger partial charge in [0.05, 0.1) is 0 Å². The van der Waals surface area contributed by atoms with Crippen molar-refractivity contribution in [3.05, 3.63) is 60.7 Å². The van der Waals surface area contributed by atoms with Crippen LogP contribution in [0.5, 0.6) is 11.5 Å². The van der Waals surface area contributed by atoms with Crippen LogP contribution in [0.2, 0.25) is 0 Å². The second-order valence-corrected chi connectivity index (χ2v) is 5.79. The Morgan fingerprint density at radius 2 is 1.74 bits per heavy atom. The maximum Gasteiger partial charge on any atom is 0.278 e. The summed E-state index contributed by atoms with van der Waals surface area (Å²) < 4.78 is 16.0. The maximum atomic E-state index is 5.37. The van der Waals surface area contributed by atoms with Crippen molar-refractivity contribution in [2.75, 3.05) is 12.1 Å². The van der Waals surface area contributed by atoms with E-state index in [1.54, 1.807) is 12.1 Å². The third kappa shape index (κ3) is 3.04. The van der Waals surface area contributed by atoms with E-state index < -0.39 is 0 Å². The van der Waals surface area contributed by atoms with Crippen LogP contribution >= 0.6 is 0 Å². The minimum Gasteiger partial charge on any atom is -0.454 e. The summed E-state index contributed by atoms with van der Waals surface area (Å²) in [6.07, 6.45) is 0. The first-order valence-corrected chi connectivity index (χ1v) is 8.25. The lowest BCUT2D eigenvalue weighted by Gasteiger charge is -2.05. The van der Waals surface area contributed by atoms with Gasteiger partial charge in [0.2, 0.25) is 12.6 Å². The number of nitrogens with one attached hydrogen (secondary N) is 1. The highest BCUT2D eigenvalue weighted by Gasteiger charge is 2.14. The van der Waals surface area contributed by atoms with Crippen LogP contribution < -0.4 is 14.8 Å². The Balaban J connectivity index is 1.34. The van der Waals surface area contributed by atoms with Gasteiger partial charge in [-0.15, -0.1) is 10.2 Å². The van der Waals surface area contributed by atoms with E-state index in [0.717, 1.165) is 17.0 Å². The number of aromatic nitrogens is 4. The van der Waals surface area contributed by atoms with Crippen molar-refractivity contribution in [1.29, 1.82) is 0 Å². The summed E-state index contributed by atoms with van der Waals surface area (Å²) in [5.41, 5.74) is 2.20. The molecule has 4 aromatic rings. The van der Waals surface area contributed by atoms with Crippen molar-refractivity contribution in [2.24, 2.45) is 0 Å². The monoisotopic (exact) mass is 359 g/mol. The molecule has 0 unspecified atom stereocenters. The van der Waals surface area contributed by atoms with E-state index in [0.29, 0.717) is 29.0 Å².